The molecule has 0 fully saturated rings. The van der Waals surface area contributed by atoms with E-state index in [0.717, 1.165) is 24.8 Å². The predicted octanol–water partition coefficient (Wildman–Crippen LogP) is 3.68. The van der Waals surface area contributed by atoms with Gasteiger partial charge in [-0.15, -0.1) is 6.42 Å². The van der Waals surface area contributed by atoms with Crippen LogP contribution in [0.2, 0.25) is 0 Å². The Labute approximate surface area is 99.9 Å². The second kappa shape index (κ2) is 4.63. The van der Waals surface area contributed by atoms with Crippen LogP contribution in [0.5, 0.6) is 0 Å². The van der Waals surface area contributed by atoms with Crippen molar-refractivity contribution in [2.45, 2.75) is 65.4 Å². The summed E-state index contributed by atoms with van der Waals surface area (Å²) < 4.78 is 0. The van der Waals surface area contributed by atoms with Crippen LogP contribution in [0.4, 0.5) is 0 Å². The molecule has 1 atom stereocenters. The van der Waals surface area contributed by atoms with E-state index >= 15 is 0 Å². The molecule has 1 aliphatic carbocycles. The molecule has 1 rings (SSSR count). The maximum absolute atomic E-state index is 10.6. The fraction of sp³-hybridized carbons (Fsp3) is 0.733. The molecule has 0 saturated carbocycles. The highest BCUT2D eigenvalue weighted by Gasteiger charge is 2.36. The third-order valence-electron chi connectivity index (χ3n) is 4.05. The largest absolute Gasteiger partial charge is 0.374 e. The summed E-state index contributed by atoms with van der Waals surface area (Å²) in [6.07, 6.45) is 10.4. The molecule has 0 radical (unpaired) electrons. The van der Waals surface area contributed by atoms with Crippen LogP contribution in [0.3, 0.4) is 0 Å². The van der Waals surface area contributed by atoms with Gasteiger partial charge in [-0.2, -0.15) is 0 Å². The summed E-state index contributed by atoms with van der Waals surface area (Å²) >= 11 is 0. The SMILES string of the molecule is C#CC(O)(CCC)C1=C(C)C(C)(C)CCC1. The van der Waals surface area contributed by atoms with Gasteiger partial charge in [0.15, 0.2) is 0 Å². The number of hydrogen-bond donors (Lipinski definition) is 1. The number of rotatable bonds is 3. The molecule has 0 aromatic heterocycles. The zero-order chi connectivity index (χ0) is 12.4. The highest BCUT2D eigenvalue weighted by molar-refractivity contribution is 5.36. The van der Waals surface area contributed by atoms with Crippen molar-refractivity contribution in [3.8, 4) is 12.3 Å². The average Bonchev–Trinajstić information content (AvgIpc) is 2.22. The standard InChI is InChI=1S/C15H24O/c1-6-10-15(16,7-2)13-9-8-11-14(4,5)12(13)3/h2,16H,6,8-11H2,1,3-5H3. The van der Waals surface area contributed by atoms with Crippen molar-refractivity contribution in [1.29, 1.82) is 0 Å². The van der Waals surface area contributed by atoms with E-state index in [1.165, 1.54) is 12.0 Å². The van der Waals surface area contributed by atoms with Crippen molar-refractivity contribution < 1.29 is 5.11 Å². The zero-order valence-corrected chi connectivity index (χ0v) is 11.1. The highest BCUT2D eigenvalue weighted by Crippen LogP contribution is 2.44. The molecule has 0 saturated heterocycles. The first kappa shape index (κ1) is 13.3. The van der Waals surface area contributed by atoms with Gasteiger partial charge in [0.25, 0.3) is 0 Å². The molecule has 90 valence electrons. The minimum Gasteiger partial charge on any atom is -0.374 e. The molecule has 1 heteroatoms. The van der Waals surface area contributed by atoms with Gasteiger partial charge in [-0.25, -0.2) is 0 Å². The van der Waals surface area contributed by atoms with E-state index < -0.39 is 5.60 Å². The Morgan fingerprint density at radius 3 is 2.62 bits per heavy atom. The van der Waals surface area contributed by atoms with Gasteiger partial charge < -0.3 is 5.11 Å². The van der Waals surface area contributed by atoms with Crippen molar-refractivity contribution in [2.24, 2.45) is 5.41 Å². The van der Waals surface area contributed by atoms with Crippen molar-refractivity contribution >= 4 is 0 Å². The number of hydrogen-bond acceptors (Lipinski definition) is 1. The molecule has 0 aromatic rings. The lowest BCUT2D eigenvalue weighted by atomic mass is 9.68. The Hall–Kier alpha value is -0.740. The summed E-state index contributed by atoms with van der Waals surface area (Å²) in [4.78, 5) is 0. The van der Waals surface area contributed by atoms with Crippen molar-refractivity contribution in [3.63, 3.8) is 0 Å². The Morgan fingerprint density at radius 1 is 1.50 bits per heavy atom. The average molecular weight is 220 g/mol. The zero-order valence-electron chi connectivity index (χ0n) is 11.1. The van der Waals surface area contributed by atoms with Gasteiger partial charge in [0.1, 0.15) is 5.60 Å². The maximum Gasteiger partial charge on any atom is 0.146 e. The lowest BCUT2D eigenvalue weighted by molar-refractivity contribution is 0.116. The van der Waals surface area contributed by atoms with Gasteiger partial charge in [-0.3, -0.25) is 0 Å². The van der Waals surface area contributed by atoms with E-state index in [1.807, 2.05) is 0 Å². The van der Waals surface area contributed by atoms with Crippen LogP contribution in [-0.4, -0.2) is 10.7 Å². The summed E-state index contributed by atoms with van der Waals surface area (Å²) in [6, 6.07) is 0. The van der Waals surface area contributed by atoms with Gasteiger partial charge in [-0.1, -0.05) is 38.7 Å². The molecule has 0 aromatic carbocycles. The van der Waals surface area contributed by atoms with E-state index in [9.17, 15) is 5.11 Å². The second-order valence-corrected chi connectivity index (χ2v) is 5.60. The number of allylic oxidation sites excluding steroid dienone is 1. The smallest absolute Gasteiger partial charge is 0.146 e. The number of aliphatic hydroxyl groups is 1. The molecule has 0 aliphatic heterocycles. The molecular formula is C15H24O. The van der Waals surface area contributed by atoms with Gasteiger partial charge in [0.05, 0.1) is 0 Å². The second-order valence-electron chi connectivity index (χ2n) is 5.60. The lowest BCUT2D eigenvalue weighted by Crippen LogP contribution is -2.34. The van der Waals surface area contributed by atoms with Crippen LogP contribution >= 0.6 is 0 Å². The van der Waals surface area contributed by atoms with E-state index in [0.29, 0.717) is 6.42 Å². The Morgan fingerprint density at radius 2 is 2.12 bits per heavy atom. The summed E-state index contributed by atoms with van der Waals surface area (Å²) in [5.41, 5.74) is 1.59. The van der Waals surface area contributed by atoms with E-state index in [2.05, 4.69) is 33.6 Å². The van der Waals surface area contributed by atoms with Crippen molar-refractivity contribution in [3.05, 3.63) is 11.1 Å². The Bertz CT molecular complexity index is 330. The van der Waals surface area contributed by atoms with Crippen molar-refractivity contribution in [2.75, 3.05) is 0 Å². The molecule has 1 N–H and O–H groups in total. The lowest BCUT2D eigenvalue weighted by Gasteiger charge is -2.38. The predicted molar refractivity (Wildman–Crippen MR) is 69.0 cm³/mol. The number of terminal acetylenes is 1. The van der Waals surface area contributed by atoms with Crippen LogP contribution in [0, 0.1) is 17.8 Å². The Kier molecular flexibility index (Phi) is 3.86. The van der Waals surface area contributed by atoms with E-state index in [1.54, 1.807) is 0 Å². The summed E-state index contributed by atoms with van der Waals surface area (Å²) in [5, 5.41) is 10.6. The minimum absolute atomic E-state index is 0.187. The van der Waals surface area contributed by atoms with Crippen LogP contribution in [-0.2, 0) is 0 Å². The Balaban J connectivity index is 3.15. The molecule has 1 unspecified atom stereocenters. The minimum atomic E-state index is -1.00. The fourth-order valence-electron chi connectivity index (χ4n) is 2.68. The molecule has 0 heterocycles. The first-order valence-corrected chi connectivity index (χ1v) is 6.28. The third-order valence-corrected chi connectivity index (χ3v) is 4.05. The van der Waals surface area contributed by atoms with Crippen molar-refractivity contribution in [1.82, 2.24) is 0 Å². The molecule has 16 heavy (non-hydrogen) atoms. The molecule has 1 aliphatic rings. The normalized spacial score (nSPS) is 23.8. The monoisotopic (exact) mass is 220 g/mol. The summed E-state index contributed by atoms with van der Waals surface area (Å²) in [7, 11) is 0. The van der Waals surface area contributed by atoms with E-state index in [-0.39, 0.29) is 5.41 Å². The van der Waals surface area contributed by atoms with Crippen LogP contribution in [0.25, 0.3) is 0 Å². The quantitative estimate of drug-likeness (QED) is 0.568. The van der Waals surface area contributed by atoms with Gasteiger partial charge in [-0.05, 0) is 43.6 Å². The first-order valence-electron chi connectivity index (χ1n) is 6.28. The highest BCUT2D eigenvalue weighted by atomic mass is 16.3. The summed E-state index contributed by atoms with van der Waals surface area (Å²) in [6.45, 7) is 8.67. The summed E-state index contributed by atoms with van der Waals surface area (Å²) in [5.74, 6) is 2.61. The maximum atomic E-state index is 10.6. The molecule has 0 spiro atoms. The molecule has 1 nitrogen and oxygen atoms in total. The fourth-order valence-corrected chi connectivity index (χ4v) is 2.68. The molecule has 0 amide bonds. The van der Waals surface area contributed by atoms with Gasteiger partial charge >= 0.3 is 0 Å². The molecule has 0 bridgehead atoms. The topological polar surface area (TPSA) is 20.2 Å². The molecular weight excluding hydrogens is 196 g/mol. The first-order chi connectivity index (χ1) is 7.37. The van der Waals surface area contributed by atoms with E-state index in [4.69, 9.17) is 6.42 Å². The van der Waals surface area contributed by atoms with Crippen LogP contribution < -0.4 is 0 Å². The third kappa shape index (κ3) is 2.33. The van der Waals surface area contributed by atoms with Crippen LogP contribution in [0.1, 0.15) is 59.8 Å². The van der Waals surface area contributed by atoms with Crippen LogP contribution in [0.15, 0.2) is 11.1 Å². The van der Waals surface area contributed by atoms with Gasteiger partial charge in [0, 0.05) is 0 Å². The van der Waals surface area contributed by atoms with Gasteiger partial charge in [0.2, 0.25) is 0 Å².